The van der Waals surface area contributed by atoms with Crippen molar-refractivity contribution in [2.75, 3.05) is 6.61 Å². The molecular formula is C11H17NO8. The number of fused-ring (bicyclic) bond motifs is 1. The first kappa shape index (κ1) is 14.9. The highest BCUT2D eigenvalue weighted by Crippen LogP contribution is 2.39. The molecule has 2 rings (SSSR count). The molecule has 0 N–H and O–H groups in total. The Morgan fingerprint density at radius 2 is 2.10 bits per heavy atom. The molecule has 20 heavy (non-hydrogen) atoms. The Balaban J connectivity index is 1.98. The van der Waals surface area contributed by atoms with Crippen LogP contribution >= 0.6 is 0 Å². The topological polar surface area (TPSA) is 106 Å². The predicted octanol–water partition coefficient (Wildman–Crippen LogP) is 0.393. The van der Waals surface area contributed by atoms with Gasteiger partial charge in [-0.3, -0.25) is 4.79 Å². The normalized spacial score (nSPS) is 34.5. The third-order valence-electron chi connectivity index (χ3n) is 2.99. The molecule has 0 aliphatic carbocycles. The lowest BCUT2D eigenvalue weighted by atomic mass is 10.1. The zero-order chi connectivity index (χ0) is 14.9. The van der Waals surface area contributed by atoms with Gasteiger partial charge in [-0.25, -0.2) is 0 Å². The molecule has 4 atom stereocenters. The maximum atomic E-state index is 11.2. The Morgan fingerprint density at radius 1 is 1.40 bits per heavy atom. The molecule has 2 aliphatic rings. The maximum absolute atomic E-state index is 11.2. The van der Waals surface area contributed by atoms with E-state index in [9.17, 15) is 14.9 Å². The largest absolute Gasteiger partial charge is 0.457 e. The van der Waals surface area contributed by atoms with Crippen molar-refractivity contribution < 1.29 is 33.7 Å². The van der Waals surface area contributed by atoms with Crippen LogP contribution in [0.1, 0.15) is 27.2 Å². The molecule has 9 nitrogen and oxygen atoms in total. The van der Waals surface area contributed by atoms with Gasteiger partial charge in [0.05, 0.1) is 6.61 Å². The molecule has 2 heterocycles. The minimum Gasteiger partial charge on any atom is -0.457 e. The molecule has 0 amide bonds. The van der Waals surface area contributed by atoms with E-state index in [0.29, 0.717) is 0 Å². The van der Waals surface area contributed by atoms with Crippen LogP contribution in [0.3, 0.4) is 0 Å². The summed E-state index contributed by atoms with van der Waals surface area (Å²) in [6, 6.07) is 0. The summed E-state index contributed by atoms with van der Waals surface area (Å²) in [5, 5.41) is 9.24. The number of carbonyl (C=O) groups is 1. The zero-order valence-electron chi connectivity index (χ0n) is 11.4. The average molecular weight is 291 g/mol. The molecule has 2 aliphatic heterocycles. The highest BCUT2D eigenvalue weighted by Gasteiger charge is 2.56. The Hall–Kier alpha value is -1.45. The minimum atomic E-state index is -0.882. The number of rotatable bonds is 5. The highest BCUT2D eigenvalue weighted by atomic mass is 16.9. The van der Waals surface area contributed by atoms with E-state index in [1.165, 1.54) is 6.92 Å². The van der Waals surface area contributed by atoms with Gasteiger partial charge in [-0.15, -0.1) is 10.1 Å². The van der Waals surface area contributed by atoms with Crippen molar-refractivity contribution in [3.05, 3.63) is 10.1 Å². The summed E-state index contributed by atoms with van der Waals surface area (Å²) < 4.78 is 22.0. The van der Waals surface area contributed by atoms with Crippen LogP contribution in [0, 0.1) is 10.1 Å². The predicted molar refractivity (Wildman–Crippen MR) is 61.8 cm³/mol. The molecule has 0 unspecified atom stereocenters. The lowest BCUT2D eigenvalue weighted by Gasteiger charge is -2.25. The molecule has 0 aromatic heterocycles. The molecule has 0 radical (unpaired) electrons. The smallest absolute Gasteiger partial charge is 0.303 e. The lowest BCUT2D eigenvalue weighted by Crippen LogP contribution is -2.38. The van der Waals surface area contributed by atoms with Gasteiger partial charge in [-0.2, -0.15) is 0 Å². The molecule has 2 saturated heterocycles. The summed E-state index contributed by atoms with van der Waals surface area (Å²) in [6.45, 7) is 4.58. The van der Waals surface area contributed by atoms with Crippen LogP contribution < -0.4 is 0 Å². The fraction of sp³-hybridized carbons (Fsp3) is 0.909. The second-order valence-electron chi connectivity index (χ2n) is 5.06. The van der Waals surface area contributed by atoms with E-state index in [4.69, 9.17) is 18.9 Å². The second-order valence-corrected chi connectivity index (χ2v) is 5.06. The van der Waals surface area contributed by atoms with Gasteiger partial charge in [0.25, 0.3) is 5.09 Å². The van der Waals surface area contributed by atoms with E-state index < -0.39 is 41.4 Å². The van der Waals surface area contributed by atoms with Crippen LogP contribution in [0.2, 0.25) is 0 Å². The van der Waals surface area contributed by atoms with E-state index in [2.05, 4.69) is 4.84 Å². The van der Waals surface area contributed by atoms with Crippen LogP contribution in [0.15, 0.2) is 0 Å². The SMILES string of the molecule is CC(=O)O[C@H]1[C@H]2OC(C)(C)O[C@H]2O[C@@H]1CCO[N+](=O)[O-]. The molecular weight excluding hydrogens is 274 g/mol. The molecule has 0 bridgehead atoms. The Kier molecular flexibility index (Phi) is 4.11. The van der Waals surface area contributed by atoms with Crippen LogP contribution in [0.25, 0.3) is 0 Å². The first-order chi connectivity index (χ1) is 9.28. The van der Waals surface area contributed by atoms with E-state index >= 15 is 0 Å². The number of esters is 1. The summed E-state index contributed by atoms with van der Waals surface area (Å²) in [4.78, 5) is 25.5. The van der Waals surface area contributed by atoms with Gasteiger partial charge in [0.15, 0.2) is 24.3 Å². The summed E-state index contributed by atoms with van der Waals surface area (Å²) in [5.41, 5.74) is 0. The van der Waals surface area contributed by atoms with Crippen molar-refractivity contribution in [3.8, 4) is 0 Å². The zero-order valence-corrected chi connectivity index (χ0v) is 11.4. The molecule has 0 aromatic carbocycles. The fourth-order valence-electron chi connectivity index (χ4n) is 2.36. The van der Waals surface area contributed by atoms with Gasteiger partial charge in [0.2, 0.25) is 0 Å². The minimum absolute atomic E-state index is 0.154. The average Bonchev–Trinajstić information content (AvgIpc) is 2.72. The van der Waals surface area contributed by atoms with E-state index in [-0.39, 0.29) is 13.0 Å². The van der Waals surface area contributed by atoms with E-state index in [1.807, 2.05) is 0 Å². The second kappa shape index (κ2) is 5.51. The van der Waals surface area contributed by atoms with Gasteiger partial charge >= 0.3 is 5.97 Å². The molecule has 114 valence electrons. The van der Waals surface area contributed by atoms with Crippen molar-refractivity contribution in [2.24, 2.45) is 0 Å². The summed E-state index contributed by atoms with van der Waals surface area (Å²) in [5.74, 6) is -1.30. The van der Waals surface area contributed by atoms with E-state index in [0.717, 1.165) is 0 Å². The first-order valence-electron chi connectivity index (χ1n) is 6.24. The highest BCUT2D eigenvalue weighted by molar-refractivity contribution is 5.66. The number of carbonyl (C=O) groups excluding carboxylic acids is 1. The molecule has 9 heteroatoms. The van der Waals surface area contributed by atoms with Crippen molar-refractivity contribution in [3.63, 3.8) is 0 Å². The third kappa shape index (κ3) is 3.35. The van der Waals surface area contributed by atoms with Crippen LogP contribution in [0.5, 0.6) is 0 Å². The number of hydrogen-bond donors (Lipinski definition) is 0. The van der Waals surface area contributed by atoms with Crippen molar-refractivity contribution in [2.45, 2.75) is 57.6 Å². The Labute approximate surface area is 115 Å². The number of hydrogen-bond acceptors (Lipinski definition) is 8. The molecule has 0 aromatic rings. The van der Waals surface area contributed by atoms with Crippen LogP contribution in [-0.2, 0) is 28.6 Å². The first-order valence-corrected chi connectivity index (χ1v) is 6.24. The number of ether oxygens (including phenoxy) is 4. The van der Waals surface area contributed by atoms with Gasteiger partial charge in [0.1, 0.15) is 6.10 Å². The maximum Gasteiger partial charge on any atom is 0.303 e. The van der Waals surface area contributed by atoms with Gasteiger partial charge in [0, 0.05) is 13.3 Å². The monoisotopic (exact) mass is 291 g/mol. The molecule has 2 fully saturated rings. The standard InChI is InChI=1S/C11H17NO8/c1-6(13)17-8-7(4-5-16-12(14)15)18-10-9(8)19-11(2,3)20-10/h7-10H,4-5H2,1-3H3/t7-,8-,9-,10-/m1/s1. The van der Waals surface area contributed by atoms with Gasteiger partial charge in [-0.05, 0) is 13.8 Å². The van der Waals surface area contributed by atoms with Crippen molar-refractivity contribution in [1.29, 1.82) is 0 Å². The fourth-order valence-corrected chi connectivity index (χ4v) is 2.36. The Bertz CT molecular complexity index is 398. The van der Waals surface area contributed by atoms with Crippen molar-refractivity contribution in [1.82, 2.24) is 0 Å². The van der Waals surface area contributed by atoms with Crippen LogP contribution in [-0.4, -0.2) is 48.1 Å². The van der Waals surface area contributed by atoms with Gasteiger partial charge in [-0.1, -0.05) is 0 Å². The number of nitrogens with zero attached hydrogens (tertiary/aromatic N) is 1. The Morgan fingerprint density at radius 3 is 2.70 bits per heavy atom. The third-order valence-corrected chi connectivity index (χ3v) is 2.99. The lowest BCUT2D eigenvalue weighted by molar-refractivity contribution is -0.758. The summed E-state index contributed by atoms with van der Waals surface area (Å²) in [7, 11) is 0. The molecule has 0 spiro atoms. The molecule has 0 saturated carbocycles. The summed E-state index contributed by atoms with van der Waals surface area (Å²) >= 11 is 0. The van der Waals surface area contributed by atoms with E-state index in [1.54, 1.807) is 13.8 Å². The van der Waals surface area contributed by atoms with Crippen LogP contribution in [0.4, 0.5) is 0 Å². The summed E-state index contributed by atoms with van der Waals surface area (Å²) in [6.07, 6.45) is -2.25. The van der Waals surface area contributed by atoms with Crippen molar-refractivity contribution >= 4 is 5.97 Å². The van der Waals surface area contributed by atoms with Gasteiger partial charge < -0.3 is 23.8 Å². The quantitative estimate of drug-likeness (QED) is 0.407.